The Bertz CT molecular complexity index is 903. The summed E-state index contributed by atoms with van der Waals surface area (Å²) in [4.78, 5) is 28.6. The summed E-state index contributed by atoms with van der Waals surface area (Å²) in [5.41, 5.74) is 0.941. The quantitative estimate of drug-likeness (QED) is 0.716. The molecule has 0 aliphatic heterocycles. The van der Waals surface area contributed by atoms with Gasteiger partial charge in [-0.2, -0.15) is 0 Å². The highest BCUT2D eigenvalue weighted by molar-refractivity contribution is 7.17. The molecule has 0 aliphatic carbocycles. The molecule has 0 aliphatic rings. The van der Waals surface area contributed by atoms with Crippen molar-refractivity contribution < 1.29 is 14.0 Å². The van der Waals surface area contributed by atoms with E-state index in [-0.39, 0.29) is 17.5 Å². The maximum atomic E-state index is 13.8. The molecule has 6 heteroatoms. The number of anilines is 1. The van der Waals surface area contributed by atoms with E-state index >= 15 is 0 Å². The number of halogens is 1. The van der Waals surface area contributed by atoms with Crippen LogP contribution in [-0.4, -0.2) is 16.7 Å². The minimum absolute atomic E-state index is 0.0897. The Kier molecular flexibility index (Phi) is 4.48. The van der Waals surface area contributed by atoms with E-state index in [1.54, 1.807) is 42.5 Å². The van der Waals surface area contributed by atoms with Gasteiger partial charge in [-0.3, -0.25) is 9.59 Å². The van der Waals surface area contributed by atoms with Crippen molar-refractivity contribution in [2.75, 3.05) is 5.32 Å². The number of amides is 1. The maximum Gasteiger partial charge on any atom is 0.266 e. The van der Waals surface area contributed by atoms with Crippen LogP contribution in [0.2, 0.25) is 0 Å². The van der Waals surface area contributed by atoms with Gasteiger partial charge in [-0.05, 0) is 37.3 Å². The first-order chi connectivity index (χ1) is 11.5. The predicted molar refractivity (Wildman–Crippen MR) is 91.9 cm³/mol. The minimum Gasteiger partial charge on any atom is -0.306 e. The summed E-state index contributed by atoms with van der Waals surface area (Å²) in [6.45, 7) is 1.45. The van der Waals surface area contributed by atoms with Crippen molar-refractivity contribution in [1.29, 1.82) is 0 Å². The molecule has 0 fully saturated rings. The van der Waals surface area contributed by atoms with Crippen molar-refractivity contribution >= 4 is 28.8 Å². The molecule has 2 aromatic heterocycles. The molecule has 0 saturated heterocycles. The maximum absolute atomic E-state index is 13.8. The molecule has 1 aromatic carbocycles. The second kappa shape index (κ2) is 6.72. The van der Waals surface area contributed by atoms with E-state index in [1.165, 1.54) is 30.5 Å². The summed E-state index contributed by atoms with van der Waals surface area (Å²) >= 11 is 1.20. The number of nitrogens with one attached hydrogen (secondary N) is 1. The Morgan fingerprint density at radius 1 is 1.08 bits per heavy atom. The monoisotopic (exact) mass is 340 g/mol. The summed E-state index contributed by atoms with van der Waals surface area (Å²) in [5, 5.41) is 2.66. The summed E-state index contributed by atoms with van der Waals surface area (Å²) in [5.74, 6) is -0.391. The Morgan fingerprint density at radius 2 is 1.88 bits per heavy atom. The number of hydrogen-bond acceptors (Lipinski definition) is 4. The molecule has 3 aromatic rings. The molecule has 0 bridgehead atoms. The van der Waals surface area contributed by atoms with Gasteiger partial charge in [0.25, 0.3) is 5.91 Å². The fourth-order valence-electron chi connectivity index (χ4n) is 2.12. The van der Waals surface area contributed by atoms with Crippen LogP contribution in [0.25, 0.3) is 10.4 Å². The lowest BCUT2D eigenvalue weighted by Crippen LogP contribution is -2.11. The SMILES string of the molecule is CC(=O)c1ccc(NC(=O)c2ccc(-c3ccccc3F)s2)nc1. The topological polar surface area (TPSA) is 59.1 Å². The molecular weight excluding hydrogens is 327 g/mol. The molecule has 3 rings (SSSR count). The second-order valence-electron chi connectivity index (χ2n) is 5.09. The largest absolute Gasteiger partial charge is 0.306 e. The van der Waals surface area contributed by atoms with Gasteiger partial charge >= 0.3 is 0 Å². The van der Waals surface area contributed by atoms with Crippen molar-refractivity contribution in [3.8, 4) is 10.4 Å². The van der Waals surface area contributed by atoms with Crippen LogP contribution in [0, 0.1) is 5.82 Å². The van der Waals surface area contributed by atoms with Crippen molar-refractivity contribution in [3.05, 3.63) is 71.0 Å². The first-order valence-electron chi connectivity index (χ1n) is 7.17. The Labute approximate surface area is 142 Å². The summed E-state index contributed by atoms with van der Waals surface area (Å²) in [6, 6.07) is 13.0. The second-order valence-corrected chi connectivity index (χ2v) is 6.17. The number of thiophene rings is 1. The number of aromatic nitrogens is 1. The van der Waals surface area contributed by atoms with Crippen molar-refractivity contribution in [2.24, 2.45) is 0 Å². The summed E-state index contributed by atoms with van der Waals surface area (Å²) in [6.07, 6.45) is 1.41. The van der Waals surface area contributed by atoms with Crippen LogP contribution in [0.15, 0.2) is 54.7 Å². The van der Waals surface area contributed by atoms with E-state index in [0.29, 0.717) is 26.7 Å². The number of Topliss-reactive ketones (excluding diaryl/α,β-unsaturated/α-hetero) is 1. The standard InChI is InChI=1S/C18H13FN2O2S/c1-11(22)12-6-9-17(20-10-12)21-18(23)16-8-7-15(24-16)13-4-2-3-5-14(13)19/h2-10H,1H3,(H,20,21,23). The average molecular weight is 340 g/mol. The molecule has 2 heterocycles. The van der Waals surface area contributed by atoms with Crippen LogP contribution in [0.4, 0.5) is 10.2 Å². The highest BCUT2D eigenvalue weighted by Crippen LogP contribution is 2.30. The van der Waals surface area contributed by atoms with Crippen LogP contribution in [0.3, 0.4) is 0 Å². The number of benzene rings is 1. The van der Waals surface area contributed by atoms with Crippen molar-refractivity contribution in [2.45, 2.75) is 6.92 Å². The van der Waals surface area contributed by atoms with Crippen LogP contribution in [0.5, 0.6) is 0 Å². The summed E-state index contributed by atoms with van der Waals surface area (Å²) < 4.78 is 13.8. The molecule has 1 amide bonds. The third kappa shape index (κ3) is 3.38. The first-order valence-corrected chi connectivity index (χ1v) is 7.99. The molecule has 0 radical (unpaired) electrons. The Hall–Kier alpha value is -2.86. The molecule has 0 unspecified atom stereocenters. The number of carbonyl (C=O) groups excluding carboxylic acids is 2. The van der Waals surface area contributed by atoms with Gasteiger partial charge in [-0.1, -0.05) is 18.2 Å². The van der Waals surface area contributed by atoms with Crippen molar-refractivity contribution in [3.63, 3.8) is 0 Å². The van der Waals surface area contributed by atoms with E-state index < -0.39 is 0 Å². The molecular formula is C18H13FN2O2S. The van der Waals surface area contributed by atoms with Gasteiger partial charge in [-0.15, -0.1) is 11.3 Å². The Morgan fingerprint density at radius 3 is 2.54 bits per heavy atom. The lowest BCUT2D eigenvalue weighted by Gasteiger charge is -2.03. The van der Waals surface area contributed by atoms with Crippen LogP contribution < -0.4 is 5.32 Å². The zero-order valence-corrected chi connectivity index (χ0v) is 13.6. The van der Waals surface area contributed by atoms with Gasteiger partial charge < -0.3 is 5.32 Å². The molecule has 0 saturated carbocycles. The fraction of sp³-hybridized carbons (Fsp3) is 0.0556. The highest BCUT2D eigenvalue weighted by Gasteiger charge is 2.13. The van der Waals surface area contributed by atoms with E-state index in [1.807, 2.05) is 0 Å². The molecule has 120 valence electrons. The van der Waals surface area contributed by atoms with Gasteiger partial charge in [-0.25, -0.2) is 9.37 Å². The summed E-state index contributed by atoms with van der Waals surface area (Å²) in [7, 11) is 0. The molecule has 0 spiro atoms. The fourth-order valence-corrected chi connectivity index (χ4v) is 3.05. The zero-order valence-electron chi connectivity index (χ0n) is 12.7. The number of rotatable bonds is 4. The number of pyridine rings is 1. The van der Waals surface area contributed by atoms with Crippen LogP contribution >= 0.6 is 11.3 Å². The van der Waals surface area contributed by atoms with E-state index in [4.69, 9.17) is 0 Å². The molecule has 4 nitrogen and oxygen atoms in total. The number of hydrogen-bond donors (Lipinski definition) is 1. The smallest absolute Gasteiger partial charge is 0.266 e. The average Bonchev–Trinajstić information content (AvgIpc) is 3.05. The van der Waals surface area contributed by atoms with E-state index in [2.05, 4.69) is 10.3 Å². The lowest BCUT2D eigenvalue weighted by molar-refractivity contribution is 0.101. The van der Waals surface area contributed by atoms with Crippen molar-refractivity contribution in [1.82, 2.24) is 4.98 Å². The highest BCUT2D eigenvalue weighted by atomic mass is 32.1. The van der Waals surface area contributed by atoms with Crippen LogP contribution in [-0.2, 0) is 0 Å². The predicted octanol–water partition coefficient (Wildman–Crippen LogP) is 4.40. The minimum atomic E-state index is -0.328. The number of ketones is 1. The van der Waals surface area contributed by atoms with Gasteiger partial charge in [0.1, 0.15) is 11.6 Å². The van der Waals surface area contributed by atoms with Crippen LogP contribution in [0.1, 0.15) is 27.0 Å². The molecule has 1 N–H and O–H groups in total. The van der Waals surface area contributed by atoms with Gasteiger partial charge in [0.2, 0.25) is 0 Å². The normalized spacial score (nSPS) is 10.4. The lowest BCUT2D eigenvalue weighted by atomic mass is 10.2. The molecule has 0 atom stereocenters. The Balaban J connectivity index is 1.76. The van der Waals surface area contributed by atoms with Gasteiger partial charge in [0.15, 0.2) is 5.78 Å². The number of nitrogens with zero attached hydrogens (tertiary/aromatic N) is 1. The third-order valence-electron chi connectivity index (χ3n) is 3.38. The third-order valence-corrected chi connectivity index (χ3v) is 4.50. The number of carbonyl (C=O) groups is 2. The van der Waals surface area contributed by atoms with E-state index in [0.717, 1.165) is 0 Å². The van der Waals surface area contributed by atoms with E-state index in [9.17, 15) is 14.0 Å². The van der Waals surface area contributed by atoms with Gasteiger partial charge in [0, 0.05) is 22.2 Å². The van der Waals surface area contributed by atoms with Gasteiger partial charge in [0.05, 0.1) is 4.88 Å². The molecule has 24 heavy (non-hydrogen) atoms. The zero-order chi connectivity index (χ0) is 17.1. The first kappa shape index (κ1) is 16.0.